The number of thioether (sulfide) groups is 1. The van der Waals surface area contributed by atoms with Gasteiger partial charge in [0.25, 0.3) is 11.5 Å². The average molecular weight is 726 g/mol. The number of halogens is 2. The Morgan fingerprint density at radius 1 is 1.18 bits per heavy atom. The summed E-state index contributed by atoms with van der Waals surface area (Å²) in [4.78, 5) is 66.5. The minimum Gasteiger partial charge on any atom is -0.391 e. The molecule has 4 amide bonds. The van der Waals surface area contributed by atoms with Crippen LogP contribution in [0.1, 0.15) is 38.5 Å². The van der Waals surface area contributed by atoms with Crippen LogP contribution in [0.2, 0.25) is 5.02 Å². The highest BCUT2D eigenvalue weighted by atomic mass is 79.9. The normalized spacial score (nSPS) is 24.6. The SMILES string of the molecule is O=C(CCC(=O)NCC(=O)N/N=C(/C[C@H]1NCCC[C@@H]1O)Cn1cnc2cc(Br)c(Cl)cc2c1=O)CC1SCC2NC(=O)NC21. The predicted molar refractivity (Wildman–Crippen MR) is 173 cm³/mol. The van der Waals surface area contributed by atoms with Crippen LogP contribution in [0.25, 0.3) is 10.9 Å². The van der Waals surface area contributed by atoms with E-state index < -0.39 is 17.9 Å². The first-order valence-corrected chi connectivity index (χ1v) is 16.9. The number of ketones is 1. The van der Waals surface area contributed by atoms with Crippen molar-refractivity contribution in [2.45, 2.75) is 74.5 Å². The van der Waals surface area contributed by atoms with Gasteiger partial charge in [0, 0.05) is 47.2 Å². The highest BCUT2D eigenvalue weighted by molar-refractivity contribution is 9.10. The molecule has 6 N–H and O–H groups in total. The van der Waals surface area contributed by atoms with E-state index in [1.54, 1.807) is 17.8 Å². The van der Waals surface area contributed by atoms with Crippen LogP contribution < -0.4 is 32.3 Å². The monoisotopic (exact) mass is 724 g/mol. The van der Waals surface area contributed by atoms with E-state index in [-0.39, 0.29) is 79.5 Å². The highest BCUT2D eigenvalue weighted by Crippen LogP contribution is 2.32. The quantitative estimate of drug-likeness (QED) is 0.104. The number of hydrazone groups is 1. The van der Waals surface area contributed by atoms with Gasteiger partial charge in [-0.05, 0) is 47.4 Å². The van der Waals surface area contributed by atoms with E-state index in [1.807, 2.05) is 0 Å². The van der Waals surface area contributed by atoms with Gasteiger partial charge in [0.05, 0.1) is 59.2 Å². The second-order valence-corrected chi connectivity index (χ2v) is 13.8. The van der Waals surface area contributed by atoms with E-state index in [2.05, 4.69) is 52.7 Å². The molecule has 3 aliphatic rings. The Balaban J connectivity index is 1.15. The first-order chi connectivity index (χ1) is 21.6. The summed E-state index contributed by atoms with van der Waals surface area (Å²) < 4.78 is 1.97. The molecule has 3 aliphatic heterocycles. The van der Waals surface area contributed by atoms with Crippen molar-refractivity contribution in [2.75, 3.05) is 18.8 Å². The fourth-order valence-electron chi connectivity index (χ4n) is 5.60. The molecule has 5 rings (SSSR count). The third-order valence-electron chi connectivity index (χ3n) is 8.00. The number of nitrogens with one attached hydrogen (secondary N) is 5. The van der Waals surface area contributed by atoms with Gasteiger partial charge >= 0.3 is 6.03 Å². The second kappa shape index (κ2) is 15.0. The molecular formula is C28H34BrClN8O6S. The van der Waals surface area contributed by atoms with Crippen LogP contribution in [-0.4, -0.2) is 92.3 Å². The van der Waals surface area contributed by atoms with E-state index in [0.717, 1.165) is 18.7 Å². The Morgan fingerprint density at radius 3 is 2.80 bits per heavy atom. The minimum atomic E-state index is -0.619. The average Bonchev–Trinajstić information content (AvgIpc) is 3.56. The first kappa shape index (κ1) is 33.3. The number of piperidine rings is 1. The number of benzene rings is 1. The first-order valence-electron chi connectivity index (χ1n) is 14.6. The molecule has 3 saturated heterocycles. The Hall–Kier alpha value is -3.05. The van der Waals surface area contributed by atoms with Gasteiger partial charge in [-0.2, -0.15) is 16.9 Å². The standard InChI is InChI=1S/C28H34BrClN8O6S/c29-17-9-19-16(8-18(17)30)27(43)38(13-33-19)11-14(6-20-22(40)2-1-5-31-20)36-37-25(42)10-32-24(41)4-3-15(39)7-23-26-21(12-45-23)34-28(44)35-26/h8-9,13,20-23,26,31,40H,1-7,10-12H2,(H,32,41)(H,37,42)(H2,34,35,44)/b36-14-/t20-,21?,22+,23?,26?/m1/s1. The molecule has 0 bridgehead atoms. The molecule has 45 heavy (non-hydrogen) atoms. The Labute approximate surface area is 276 Å². The number of aliphatic hydroxyl groups is 1. The number of carbonyl (C=O) groups is 4. The van der Waals surface area contributed by atoms with E-state index in [4.69, 9.17) is 11.6 Å². The number of Topliss-reactive ketones (excluding diaryl/α,β-unsaturated/α-hetero) is 1. The Bertz CT molecular complexity index is 1570. The number of urea groups is 1. The van der Waals surface area contributed by atoms with E-state index in [9.17, 15) is 29.1 Å². The summed E-state index contributed by atoms with van der Waals surface area (Å²) in [6.07, 6.45) is 2.68. The zero-order valence-corrected chi connectivity index (χ0v) is 27.3. The van der Waals surface area contributed by atoms with Crippen LogP contribution in [0.5, 0.6) is 0 Å². The summed E-state index contributed by atoms with van der Waals surface area (Å²) in [5.41, 5.74) is 2.95. The molecule has 4 heterocycles. The number of hydrogen-bond acceptors (Lipinski definition) is 10. The lowest BCUT2D eigenvalue weighted by atomic mass is 9.96. The lowest BCUT2D eigenvalue weighted by Gasteiger charge is -2.29. The number of hydrogen-bond donors (Lipinski definition) is 6. The molecule has 3 unspecified atom stereocenters. The molecule has 0 radical (unpaired) electrons. The summed E-state index contributed by atoms with van der Waals surface area (Å²) in [7, 11) is 0. The van der Waals surface area contributed by atoms with Crippen molar-refractivity contribution in [3.63, 3.8) is 0 Å². The molecule has 0 spiro atoms. The predicted octanol–water partition coefficient (Wildman–Crippen LogP) is 0.809. The van der Waals surface area contributed by atoms with Crippen molar-refractivity contribution in [1.82, 2.24) is 36.2 Å². The van der Waals surface area contributed by atoms with Crippen LogP contribution in [0.4, 0.5) is 4.79 Å². The smallest absolute Gasteiger partial charge is 0.315 e. The molecule has 3 fully saturated rings. The zero-order valence-electron chi connectivity index (χ0n) is 24.2. The highest BCUT2D eigenvalue weighted by Gasteiger charge is 2.43. The minimum absolute atomic E-state index is 0.00423. The van der Waals surface area contributed by atoms with Crippen molar-refractivity contribution in [1.29, 1.82) is 0 Å². The van der Waals surface area contributed by atoms with Crippen molar-refractivity contribution in [3.8, 4) is 0 Å². The summed E-state index contributed by atoms with van der Waals surface area (Å²) in [5.74, 6) is -0.399. The van der Waals surface area contributed by atoms with E-state index in [0.29, 0.717) is 32.5 Å². The zero-order chi connectivity index (χ0) is 32.1. The second-order valence-electron chi connectivity index (χ2n) is 11.3. The van der Waals surface area contributed by atoms with Crippen molar-refractivity contribution >= 4 is 79.5 Å². The molecular weight excluding hydrogens is 692 g/mol. The van der Waals surface area contributed by atoms with Crippen LogP contribution in [0.15, 0.2) is 32.8 Å². The molecule has 0 saturated carbocycles. The number of aromatic nitrogens is 2. The molecule has 5 atom stereocenters. The van der Waals surface area contributed by atoms with Gasteiger partial charge in [-0.15, -0.1) is 0 Å². The Morgan fingerprint density at radius 2 is 2.00 bits per heavy atom. The topological polar surface area (TPSA) is 196 Å². The van der Waals surface area contributed by atoms with E-state index >= 15 is 0 Å². The maximum absolute atomic E-state index is 13.2. The van der Waals surface area contributed by atoms with Crippen LogP contribution >= 0.6 is 39.3 Å². The van der Waals surface area contributed by atoms with Crippen molar-refractivity contribution in [3.05, 3.63) is 38.3 Å². The van der Waals surface area contributed by atoms with Crippen LogP contribution in [0, 0.1) is 0 Å². The lowest BCUT2D eigenvalue weighted by molar-refractivity contribution is -0.127. The Kier molecular flexibility index (Phi) is 11.1. The van der Waals surface area contributed by atoms with Gasteiger partial charge in [0.15, 0.2) is 0 Å². The summed E-state index contributed by atoms with van der Waals surface area (Å²) >= 11 is 11.2. The summed E-state index contributed by atoms with van der Waals surface area (Å²) in [5, 5.41) is 26.8. The third kappa shape index (κ3) is 8.61. The third-order valence-corrected chi connectivity index (χ3v) is 10.6. The molecule has 1 aromatic carbocycles. The van der Waals surface area contributed by atoms with Gasteiger partial charge in [0.2, 0.25) is 5.91 Å². The largest absolute Gasteiger partial charge is 0.391 e. The number of nitrogens with zero attached hydrogens (tertiary/aromatic N) is 3. The molecule has 1 aromatic heterocycles. The maximum atomic E-state index is 13.2. The number of fused-ring (bicyclic) bond motifs is 2. The number of amides is 4. The van der Waals surface area contributed by atoms with Crippen LogP contribution in [0.3, 0.4) is 0 Å². The molecule has 17 heteroatoms. The fraction of sp³-hybridized carbons (Fsp3) is 0.536. The van der Waals surface area contributed by atoms with Gasteiger partial charge in [-0.1, -0.05) is 11.6 Å². The molecule has 242 valence electrons. The fourth-order valence-corrected chi connectivity index (χ4v) is 7.61. The van der Waals surface area contributed by atoms with Crippen LogP contribution in [-0.2, 0) is 20.9 Å². The van der Waals surface area contributed by atoms with E-state index in [1.165, 1.54) is 17.0 Å². The van der Waals surface area contributed by atoms with Gasteiger partial charge in [0.1, 0.15) is 5.78 Å². The van der Waals surface area contributed by atoms with Gasteiger partial charge in [-0.3, -0.25) is 23.7 Å². The van der Waals surface area contributed by atoms with Gasteiger partial charge in [-0.25, -0.2) is 15.2 Å². The summed E-state index contributed by atoms with van der Waals surface area (Å²) in [6.45, 7) is 0.351. The lowest BCUT2D eigenvalue weighted by Crippen LogP contribution is -2.46. The molecule has 14 nitrogen and oxygen atoms in total. The number of carbonyl (C=O) groups excluding carboxylic acids is 4. The van der Waals surface area contributed by atoms with Crippen molar-refractivity contribution in [2.24, 2.45) is 5.10 Å². The van der Waals surface area contributed by atoms with Gasteiger partial charge < -0.3 is 26.4 Å². The number of aliphatic hydroxyl groups excluding tert-OH is 1. The molecule has 2 aromatic rings. The summed E-state index contributed by atoms with van der Waals surface area (Å²) in [6, 6.07) is 2.56. The molecule has 0 aliphatic carbocycles. The number of rotatable bonds is 12. The maximum Gasteiger partial charge on any atom is 0.315 e. The van der Waals surface area contributed by atoms with Crippen molar-refractivity contribution < 1.29 is 24.3 Å².